The molecule has 0 aliphatic heterocycles. The number of carbonyl (C=O) groups excluding carboxylic acids is 3. The first-order valence-corrected chi connectivity index (χ1v) is 29.9. The molecule has 1 unspecified atom stereocenters. The topological polar surface area (TPSA) is 78.9 Å². The van der Waals surface area contributed by atoms with Crippen LogP contribution in [0.25, 0.3) is 0 Å². The molecule has 6 nitrogen and oxygen atoms in total. The van der Waals surface area contributed by atoms with Crippen molar-refractivity contribution < 1.29 is 28.6 Å². The van der Waals surface area contributed by atoms with Crippen LogP contribution in [0.2, 0.25) is 0 Å². The van der Waals surface area contributed by atoms with Crippen LogP contribution in [0, 0.1) is 0 Å². The zero-order valence-corrected chi connectivity index (χ0v) is 46.3. The molecule has 404 valence electrons. The Kier molecular flexibility index (Phi) is 55.8. The quantitative estimate of drug-likeness (QED) is 0.0261. The highest BCUT2D eigenvalue weighted by Gasteiger charge is 2.19. The van der Waals surface area contributed by atoms with Crippen LogP contribution in [0.3, 0.4) is 0 Å². The summed E-state index contributed by atoms with van der Waals surface area (Å²) < 4.78 is 16.8. The molecule has 0 amide bonds. The monoisotopic (exact) mass is 977 g/mol. The minimum Gasteiger partial charge on any atom is -0.462 e. The average molecular weight is 978 g/mol. The SMILES string of the molecule is CC/C=C\C/C=C\C/C=C\C/C=C\C/C=C\C/C=C\CCCCC(=O)OC(COC(=O)CCCCCCCCCCC)COC(=O)CCCCCCCCCCCCCCCCCCCCCCCC. The van der Waals surface area contributed by atoms with Gasteiger partial charge in [0.2, 0.25) is 0 Å². The number of carbonyl (C=O) groups is 3. The van der Waals surface area contributed by atoms with Crippen molar-refractivity contribution in [2.45, 2.75) is 303 Å². The molecule has 0 saturated carbocycles. The standard InChI is InChI=1S/C64H112O6/c1-4-7-10-13-16-19-21-23-25-27-29-31-33-34-36-38-40-42-45-48-51-54-57-63(66)69-60-61(59-68-62(65)56-53-50-47-44-18-15-12-9-6-3)70-64(67)58-55-52-49-46-43-41-39-37-35-32-30-28-26-24-22-20-17-14-11-8-5-2/h8,11,17,20,24,26,30,32,37,39,43,46,61H,4-7,9-10,12-16,18-19,21-23,25,27-29,31,33-36,38,40-42,44-45,47-60H2,1-3H3/b11-8-,20-17-,26-24-,32-30-,39-37-,46-43-. The molecule has 0 aliphatic carbocycles. The van der Waals surface area contributed by atoms with E-state index in [1.165, 1.54) is 161 Å². The number of rotatable bonds is 54. The maximum absolute atomic E-state index is 12.8. The first-order chi connectivity index (χ1) is 34.5. The normalized spacial score (nSPS) is 12.6. The lowest BCUT2D eigenvalue weighted by atomic mass is 10.0. The molecule has 6 heteroatoms. The summed E-state index contributed by atoms with van der Waals surface area (Å²) in [5.74, 6) is -0.925. The molecule has 0 aromatic rings. The van der Waals surface area contributed by atoms with Gasteiger partial charge in [-0.05, 0) is 70.6 Å². The summed E-state index contributed by atoms with van der Waals surface area (Å²) in [5, 5.41) is 0. The number of hydrogen-bond donors (Lipinski definition) is 0. The average Bonchev–Trinajstić information content (AvgIpc) is 3.36. The van der Waals surface area contributed by atoms with Gasteiger partial charge in [0.25, 0.3) is 0 Å². The van der Waals surface area contributed by atoms with Gasteiger partial charge < -0.3 is 14.2 Å². The van der Waals surface area contributed by atoms with Gasteiger partial charge in [0.05, 0.1) is 0 Å². The Morgan fingerprint density at radius 3 is 0.871 bits per heavy atom. The van der Waals surface area contributed by atoms with Gasteiger partial charge in [-0.25, -0.2) is 0 Å². The van der Waals surface area contributed by atoms with Gasteiger partial charge in [0.15, 0.2) is 6.10 Å². The second-order valence-corrected chi connectivity index (χ2v) is 19.9. The Morgan fingerprint density at radius 1 is 0.300 bits per heavy atom. The molecular weight excluding hydrogens is 865 g/mol. The van der Waals surface area contributed by atoms with Gasteiger partial charge in [-0.15, -0.1) is 0 Å². The van der Waals surface area contributed by atoms with E-state index >= 15 is 0 Å². The van der Waals surface area contributed by atoms with Crippen LogP contribution in [-0.2, 0) is 28.6 Å². The molecule has 0 aromatic heterocycles. The molecule has 0 saturated heterocycles. The summed E-state index contributed by atoms with van der Waals surface area (Å²) in [7, 11) is 0. The van der Waals surface area contributed by atoms with Crippen molar-refractivity contribution in [3.8, 4) is 0 Å². The van der Waals surface area contributed by atoms with Crippen LogP contribution in [0.4, 0.5) is 0 Å². The number of hydrogen-bond acceptors (Lipinski definition) is 6. The maximum Gasteiger partial charge on any atom is 0.306 e. The van der Waals surface area contributed by atoms with Crippen molar-refractivity contribution in [3.05, 3.63) is 72.9 Å². The van der Waals surface area contributed by atoms with E-state index in [1.807, 2.05) is 0 Å². The highest BCUT2D eigenvalue weighted by molar-refractivity contribution is 5.71. The molecule has 0 spiro atoms. The zero-order valence-electron chi connectivity index (χ0n) is 46.3. The number of unbranched alkanes of at least 4 members (excludes halogenated alkanes) is 31. The summed E-state index contributed by atoms with van der Waals surface area (Å²) in [4.78, 5) is 38.1. The smallest absolute Gasteiger partial charge is 0.306 e. The van der Waals surface area contributed by atoms with Crippen molar-refractivity contribution in [3.63, 3.8) is 0 Å². The summed E-state index contributed by atoms with van der Waals surface area (Å²) >= 11 is 0. The number of esters is 3. The first kappa shape index (κ1) is 66.9. The maximum atomic E-state index is 12.8. The van der Waals surface area contributed by atoms with Gasteiger partial charge in [-0.1, -0.05) is 280 Å². The van der Waals surface area contributed by atoms with Gasteiger partial charge in [0, 0.05) is 19.3 Å². The van der Waals surface area contributed by atoms with Gasteiger partial charge in [0.1, 0.15) is 13.2 Å². The Hall–Kier alpha value is -3.15. The molecule has 0 bridgehead atoms. The van der Waals surface area contributed by atoms with E-state index in [2.05, 4.69) is 93.7 Å². The van der Waals surface area contributed by atoms with Crippen molar-refractivity contribution in [2.24, 2.45) is 0 Å². The number of allylic oxidation sites excluding steroid dienone is 12. The molecule has 0 fully saturated rings. The van der Waals surface area contributed by atoms with Crippen LogP contribution >= 0.6 is 0 Å². The van der Waals surface area contributed by atoms with E-state index in [0.717, 1.165) is 89.9 Å². The largest absolute Gasteiger partial charge is 0.462 e. The molecule has 0 aliphatic rings. The number of ether oxygens (including phenoxy) is 3. The third kappa shape index (κ3) is 55.8. The predicted molar refractivity (Wildman–Crippen MR) is 302 cm³/mol. The fourth-order valence-corrected chi connectivity index (χ4v) is 8.51. The van der Waals surface area contributed by atoms with Gasteiger partial charge in [-0.3, -0.25) is 14.4 Å². The lowest BCUT2D eigenvalue weighted by molar-refractivity contribution is -0.167. The molecule has 0 N–H and O–H groups in total. The zero-order chi connectivity index (χ0) is 50.7. The molecule has 0 radical (unpaired) electrons. The van der Waals surface area contributed by atoms with E-state index < -0.39 is 6.10 Å². The molecule has 70 heavy (non-hydrogen) atoms. The summed E-state index contributed by atoms with van der Waals surface area (Å²) in [6.07, 6.45) is 74.9. The predicted octanol–water partition coefficient (Wildman–Crippen LogP) is 20.2. The molecule has 0 heterocycles. The van der Waals surface area contributed by atoms with E-state index in [1.54, 1.807) is 0 Å². The second-order valence-electron chi connectivity index (χ2n) is 19.9. The Morgan fingerprint density at radius 2 is 0.557 bits per heavy atom. The summed E-state index contributed by atoms with van der Waals surface area (Å²) in [6.45, 7) is 6.50. The Balaban J connectivity index is 4.30. The van der Waals surface area contributed by atoms with E-state index in [-0.39, 0.29) is 37.5 Å². The first-order valence-electron chi connectivity index (χ1n) is 29.9. The third-order valence-electron chi connectivity index (χ3n) is 13.0. The summed E-state index contributed by atoms with van der Waals surface area (Å²) in [5.41, 5.74) is 0. The lowest BCUT2D eigenvalue weighted by Gasteiger charge is -2.18. The third-order valence-corrected chi connectivity index (χ3v) is 13.0. The van der Waals surface area contributed by atoms with Crippen LogP contribution in [0.15, 0.2) is 72.9 Å². The lowest BCUT2D eigenvalue weighted by Crippen LogP contribution is -2.30. The Bertz CT molecular complexity index is 1310. The van der Waals surface area contributed by atoms with E-state index in [9.17, 15) is 14.4 Å². The minimum absolute atomic E-state index is 0.0896. The molecular formula is C64H112O6. The molecule has 1 atom stereocenters. The van der Waals surface area contributed by atoms with Crippen molar-refractivity contribution in [1.29, 1.82) is 0 Å². The van der Waals surface area contributed by atoms with Crippen molar-refractivity contribution >= 4 is 17.9 Å². The van der Waals surface area contributed by atoms with E-state index in [0.29, 0.717) is 19.3 Å². The van der Waals surface area contributed by atoms with Crippen LogP contribution in [-0.4, -0.2) is 37.2 Å². The Labute approximate surface area is 433 Å². The van der Waals surface area contributed by atoms with Crippen LogP contribution in [0.1, 0.15) is 297 Å². The van der Waals surface area contributed by atoms with Gasteiger partial charge in [-0.2, -0.15) is 0 Å². The van der Waals surface area contributed by atoms with Crippen molar-refractivity contribution in [2.75, 3.05) is 13.2 Å². The second kappa shape index (κ2) is 58.4. The van der Waals surface area contributed by atoms with Crippen LogP contribution in [0.5, 0.6) is 0 Å². The van der Waals surface area contributed by atoms with Gasteiger partial charge >= 0.3 is 17.9 Å². The highest BCUT2D eigenvalue weighted by Crippen LogP contribution is 2.17. The fraction of sp³-hybridized carbons (Fsp3) is 0.766. The minimum atomic E-state index is -0.795. The van der Waals surface area contributed by atoms with E-state index in [4.69, 9.17) is 14.2 Å². The molecule has 0 rings (SSSR count). The van der Waals surface area contributed by atoms with Crippen molar-refractivity contribution in [1.82, 2.24) is 0 Å². The molecule has 0 aromatic carbocycles. The highest BCUT2D eigenvalue weighted by atomic mass is 16.6. The summed E-state index contributed by atoms with van der Waals surface area (Å²) in [6, 6.07) is 0. The fourth-order valence-electron chi connectivity index (χ4n) is 8.51. The van der Waals surface area contributed by atoms with Crippen LogP contribution < -0.4 is 0 Å².